The van der Waals surface area contributed by atoms with Gasteiger partial charge in [-0.25, -0.2) is 4.79 Å². The Labute approximate surface area is 246 Å². The van der Waals surface area contributed by atoms with Crippen molar-refractivity contribution in [1.82, 2.24) is 19.6 Å². The number of piperidine rings is 1. The van der Waals surface area contributed by atoms with Crippen LogP contribution in [0.1, 0.15) is 55.2 Å². The standard InChI is InChI=1S/C34H47N5O2/c1-35(32-24-29-8-2-3-9-30(29)25-32)33(41)39(23-22-36-16-4-5-17-36)34(27-40)14-20-37(21-15-34)26-28-10-12-31(13-11-28)38-18-6-7-19-38/h2-3,8-13,27,32H,4-7,14-26H2,1H3. The number of hydrogen-bond donors (Lipinski definition) is 0. The van der Waals surface area contributed by atoms with Crippen LogP contribution in [0.15, 0.2) is 48.5 Å². The van der Waals surface area contributed by atoms with E-state index in [1.54, 1.807) is 0 Å². The maximum absolute atomic E-state index is 14.2. The van der Waals surface area contributed by atoms with Gasteiger partial charge < -0.3 is 24.4 Å². The topological polar surface area (TPSA) is 50.3 Å². The minimum absolute atomic E-state index is 0.0139. The summed E-state index contributed by atoms with van der Waals surface area (Å²) in [7, 11) is 1.95. The average Bonchev–Trinajstić information content (AvgIpc) is 3.80. The predicted octanol–water partition coefficient (Wildman–Crippen LogP) is 4.44. The Hall–Kier alpha value is -2.90. The van der Waals surface area contributed by atoms with Crippen LogP contribution in [-0.4, -0.2) is 103 Å². The number of hydrogen-bond acceptors (Lipinski definition) is 5. The molecule has 0 unspecified atom stereocenters. The van der Waals surface area contributed by atoms with Crippen molar-refractivity contribution >= 4 is 18.0 Å². The number of rotatable bonds is 9. The molecule has 1 aliphatic carbocycles. The van der Waals surface area contributed by atoms with Crippen molar-refractivity contribution < 1.29 is 9.59 Å². The van der Waals surface area contributed by atoms with Gasteiger partial charge in [0, 0.05) is 64.6 Å². The summed E-state index contributed by atoms with van der Waals surface area (Å²) in [4.78, 5) is 38.4. The van der Waals surface area contributed by atoms with E-state index in [1.165, 1.54) is 48.1 Å². The van der Waals surface area contributed by atoms with Crippen molar-refractivity contribution in [2.24, 2.45) is 0 Å². The third-order valence-corrected chi connectivity index (χ3v) is 10.2. The summed E-state index contributed by atoms with van der Waals surface area (Å²) >= 11 is 0. The highest BCUT2D eigenvalue weighted by Crippen LogP contribution is 2.32. The number of likely N-dealkylation sites (N-methyl/N-ethyl adjacent to an activating group) is 1. The third kappa shape index (κ3) is 6.17. The Kier molecular flexibility index (Phi) is 8.63. The Bertz CT molecular complexity index is 1150. The number of nitrogens with zero attached hydrogens (tertiary/aromatic N) is 5. The van der Waals surface area contributed by atoms with E-state index in [9.17, 15) is 9.59 Å². The molecule has 0 atom stereocenters. The number of aldehydes is 1. The summed E-state index contributed by atoms with van der Waals surface area (Å²) in [5.74, 6) is 0. The maximum Gasteiger partial charge on any atom is 0.320 e. The van der Waals surface area contributed by atoms with Gasteiger partial charge in [-0.1, -0.05) is 36.4 Å². The van der Waals surface area contributed by atoms with Gasteiger partial charge in [0.25, 0.3) is 0 Å². The molecule has 41 heavy (non-hydrogen) atoms. The Morgan fingerprint density at radius 2 is 1.46 bits per heavy atom. The molecular weight excluding hydrogens is 510 g/mol. The van der Waals surface area contributed by atoms with Gasteiger partial charge >= 0.3 is 6.03 Å². The minimum atomic E-state index is -0.743. The molecule has 4 aliphatic rings. The summed E-state index contributed by atoms with van der Waals surface area (Å²) < 4.78 is 0. The van der Waals surface area contributed by atoms with Crippen molar-refractivity contribution in [2.45, 2.75) is 69.5 Å². The van der Waals surface area contributed by atoms with E-state index < -0.39 is 5.54 Å². The number of urea groups is 1. The second-order valence-corrected chi connectivity index (χ2v) is 12.8. The lowest BCUT2D eigenvalue weighted by molar-refractivity contribution is -0.120. The van der Waals surface area contributed by atoms with E-state index in [4.69, 9.17) is 0 Å². The van der Waals surface area contributed by atoms with Crippen LogP contribution in [0, 0.1) is 0 Å². The minimum Gasteiger partial charge on any atom is -0.372 e. The van der Waals surface area contributed by atoms with Crippen molar-refractivity contribution in [3.8, 4) is 0 Å². The summed E-state index contributed by atoms with van der Waals surface area (Å²) in [6, 6.07) is 17.7. The number of benzene rings is 2. The molecule has 6 rings (SSSR count). The van der Waals surface area contributed by atoms with Crippen LogP contribution < -0.4 is 4.90 Å². The fourth-order valence-electron chi connectivity index (χ4n) is 7.51. The predicted molar refractivity (Wildman–Crippen MR) is 164 cm³/mol. The second kappa shape index (κ2) is 12.5. The van der Waals surface area contributed by atoms with E-state index in [2.05, 4.69) is 63.2 Å². The molecule has 0 saturated carbocycles. The largest absolute Gasteiger partial charge is 0.372 e. The second-order valence-electron chi connectivity index (χ2n) is 12.8. The molecule has 7 nitrogen and oxygen atoms in total. The molecule has 220 valence electrons. The Morgan fingerprint density at radius 1 is 0.854 bits per heavy atom. The first kappa shape index (κ1) is 28.2. The Morgan fingerprint density at radius 3 is 2.07 bits per heavy atom. The lowest BCUT2D eigenvalue weighted by Crippen LogP contribution is -2.62. The van der Waals surface area contributed by atoms with Crippen molar-refractivity contribution in [2.75, 3.05) is 64.3 Å². The van der Waals surface area contributed by atoms with E-state index in [1.807, 2.05) is 16.8 Å². The van der Waals surface area contributed by atoms with Gasteiger partial charge in [-0.2, -0.15) is 0 Å². The molecule has 2 aromatic rings. The number of likely N-dealkylation sites (tertiary alicyclic amines) is 2. The van der Waals surface area contributed by atoms with Gasteiger partial charge in [0.15, 0.2) is 0 Å². The number of anilines is 1. The monoisotopic (exact) mass is 557 g/mol. The molecule has 3 saturated heterocycles. The van der Waals surface area contributed by atoms with Crippen molar-refractivity contribution in [3.63, 3.8) is 0 Å². The van der Waals surface area contributed by atoms with E-state index in [-0.39, 0.29) is 12.1 Å². The normalized spacial score (nSPS) is 21.2. The molecule has 0 spiro atoms. The van der Waals surface area contributed by atoms with Crippen LogP contribution in [0.5, 0.6) is 0 Å². The first-order valence-electron chi connectivity index (χ1n) is 15.9. The molecule has 7 heteroatoms. The van der Waals surface area contributed by atoms with Crippen molar-refractivity contribution in [1.29, 1.82) is 0 Å². The molecule has 3 aliphatic heterocycles. The SMILES string of the molecule is CN(C(=O)N(CCN1CCCC1)C1(C=O)CCN(Cc2ccc(N3CCCC3)cc2)CC1)C1Cc2ccccc2C1. The van der Waals surface area contributed by atoms with Crippen LogP contribution in [0.25, 0.3) is 0 Å². The summed E-state index contributed by atoms with van der Waals surface area (Å²) in [5.41, 5.74) is 4.58. The smallest absolute Gasteiger partial charge is 0.320 e. The van der Waals surface area contributed by atoms with Gasteiger partial charge in [-0.15, -0.1) is 0 Å². The first-order chi connectivity index (χ1) is 20.0. The van der Waals surface area contributed by atoms with Gasteiger partial charge in [0.1, 0.15) is 11.8 Å². The van der Waals surface area contributed by atoms with Crippen LogP contribution in [0.2, 0.25) is 0 Å². The van der Waals surface area contributed by atoms with E-state index >= 15 is 0 Å². The maximum atomic E-state index is 14.2. The lowest BCUT2D eigenvalue weighted by atomic mass is 9.86. The highest BCUT2D eigenvalue weighted by molar-refractivity contribution is 5.81. The van der Waals surface area contributed by atoms with E-state index in [0.29, 0.717) is 19.4 Å². The van der Waals surface area contributed by atoms with Gasteiger partial charge in [-0.3, -0.25) is 4.90 Å². The Balaban J connectivity index is 1.12. The quantitative estimate of drug-likeness (QED) is 0.427. The number of carbonyl (C=O) groups excluding carboxylic acids is 2. The average molecular weight is 558 g/mol. The van der Waals surface area contributed by atoms with Crippen LogP contribution >= 0.6 is 0 Å². The summed E-state index contributed by atoms with van der Waals surface area (Å²) in [5, 5.41) is 0. The fourth-order valence-corrected chi connectivity index (χ4v) is 7.51. The van der Waals surface area contributed by atoms with Gasteiger partial charge in [0.2, 0.25) is 0 Å². The summed E-state index contributed by atoms with van der Waals surface area (Å²) in [6.45, 7) is 8.48. The highest BCUT2D eigenvalue weighted by Gasteiger charge is 2.44. The molecule has 3 heterocycles. The number of fused-ring (bicyclic) bond motifs is 1. The zero-order valence-electron chi connectivity index (χ0n) is 24.8. The van der Waals surface area contributed by atoms with Gasteiger partial charge in [0.05, 0.1) is 0 Å². The van der Waals surface area contributed by atoms with Crippen LogP contribution in [-0.2, 0) is 24.2 Å². The van der Waals surface area contributed by atoms with Crippen molar-refractivity contribution in [3.05, 3.63) is 65.2 Å². The molecule has 3 fully saturated rings. The first-order valence-corrected chi connectivity index (χ1v) is 15.9. The molecule has 0 N–H and O–H groups in total. The molecule has 0 bridgehead atoms. The zero-order valence-corrected chi connectivity index (χ0v) is 24.8. The van der Waals surface area contributed by atoms with Crippen LogP contribution in [0.3, 0.4) is 0 Å². The van der Waals surface area contributed by atoms with E-state index in [0.717, 1.165) is 71.5 Å². The highest BCUT2D eigenvalue weighted by atomic mass is 16.2. The molecular formula is C34H47N5O2. The molecule has 2 amide bonds. The van der Waals surface area contributed by atoms with Gasteiger partial charge in [-0.05, 0) is 93.3 Å². The number of carbonyl (C=O) groups is 2. The fraction of sp³-hybridized carbons (Fsp3) is 0.588. The zero-order chi connectivity index (χ0) is 28.2. The lowest BCUT2D eigenvalue weighted by Gasteiger charge is -2.47. The van der Waals surface area contributed by atoms with Crippen LogP contribution in [0.4, 0.5) is 10.5 Å². The third-order valence-electron chi connectivity index (χ3n) is 10.2. The molecule has 0 aromatic heterocycles. The number of amides is 2. The molecule has 2 aromatic carbocycles. The summed E-state index contributed by atoms with van der Waals surface area (Å²) in [6.07, 6.45) is 9.27. The molecule has 0 radical (unpaired) electrons.